The molecule has 0 aliphatic heterocycles. The van der Waals surface area contributed by atoms with E-state index in [-0.39, 0.29) is 17.4 Å². The van der Waals surface area contributed by atoms with Crippen LogP contribution in [0.3, 0.4) is 0 Å². The lowest BCUT2D eigenvalue weighted by Crippen LogP contribution is -2.32. The Morgan fingerprint density at radius 3 is 2.70 bits per heavy atom. The number of aryl methyl sites for hydroxylation is 1. The minimum absolute atomic E-state index is 0.175. The topological polar surface area (TPSA) is 108 Å². The van der Waals surface area contributed by atoms with Gasteiger partial charge in [0.1, 0.15) is 4.99 Å². The third-order valence-electron chi connectivity index (χ3n) is 6.58. The van der Waals surface area contributed by atoms with Crippen molar-refractivity contribution in [2.45, 2.75) is 13.0 Å². The van der Waals surface area contributed by atoms with Crippen LogP contribution in [-0.2, 0) is 7.05 Å². The van der Waals surface area contributed by atoms with E-state index in [0.717, 1.165) is 22.3 Å². The second-order valence-electron chi connectivity index (χ2n) is 9.31. The van der Waals surface area contributed by atoms with Crippen LogP contribution < -0.4 is 16.6 Å². The van der Waals surface area contributed by atoms with Gasteiger partial charge in [0.05, 0.1) is 28.8 Å². The second kappa shape index (κ2) is 10.1. The SMILES string of the molecule is CC(NC(=S)c1c(N)nn2cccnc12)c1cc2cccc(C#Cc3cnn(C)c3)c2c(=O)n1-c1ccccc1. The molecule has 0 saturated heterocycles. The van der Waals surface area contributed by atoms with E-state index in [1.54, 1.807) is 38.4 Å². The number of pyridine rings is 1. The van der Waals surface area contributed by atoms with Gasteiger partial charge in [-0.15, -0.1) is 5.10 Å². The fraction of sp³-hybridized carbons (Fsp3) is 0.100. The molecule has 9 nitrogen and oxygen atoms in total. The van der Waals surface area contributed by atoms with E-state index >= 15 is 0 Å². The molecule has 6 rings (SSSR count). The van der Waals surface area contributed by atoms with Gasteiger partial charge in [-0.2, -0.15) is 5.10 Å². The van der Waals surface area contributed by atoms with Gasteiger partial charge in [-0.1, -0.05) is 54.4 Å². The number of fused-ring (bicyclic) bond motifs is 2. The summed E-state index contributed by atoms with van der Waals surface area (Å²) in [7, 11) is 1.84. The van der Waals surface area contributed by atoms with E-state index in [0.29, 0.717) is 27.1 Å². The Bertz CT molecular complexity index is 2030. The summed E-state index contributed by atoms with van der Waals surface area (Å²) < 4.78 is 4.99. The lowest BCUT2D eigenvalue weighted by Gasteiger charge is -2.22. The summed E-state index contributed by atoms with van der Waals surface area (Å²) in [6, 6.07) is 18.6. The maximum absolute atomic E-state index is 14.2. The molecular weight excluding hydrogens is 520 g/mol. The van der Waals surface area contributed by atoms with Crippen molar-refractivity contribution >= 4 is 39.4 Å². The number of nitrogen functional groups attached to an aromatic ring is 1. The van der Waals surface area contributed by atoms with E-state index in [9.17, 15) is 4.79 Å². The minimum atomic E-state index is -0.368. The fourth-order valence-corrected chi connectivity index (χ4v) is 5.11. The van der Waals surface area contributed by atoms with Crippen LogP contribution in [0.15, 0.2) is 90.2 Å². The lowest BCUT2D eigenvalue weighted by molar-refractivity contribution is 0.668. The van der Waals surface area contributed by atoms with E-state index in [1.807, 2.05) is 74.8 Å². The third kappa shape index (κ3) is 4.48. The number of aromatic nitrogens is 6. The van der Waals surface area contributed by atoms with Crippen LogP contribution in [0.1, 0.15) is 35.3 Å². The number of benzene rings is 2. The molecule has 0 fully saturated rings. The zero-order valence-electron chi connectivity index (χ0n) is 21.7. The average molecular weight is 545 g/mol. The molecule has 0 aliphatic rings. The van der Waals surface area contributed by atoms with Crippen molar-refractivity contribution < 1.29 is 0 Å². The summed E-state index contributed by atoms with van der Waals surface area (Å²) in [6.45, 7) is 1.95. The normalized spacial score (nSPS) is 11.8. The highest BCUT2D eigenvalue weighted by Crippen LogP contribution is 2.25. The van der Waals surface area contributed by atoms with E-state index < -0.39 is 0 Å². The molecule has 196 valence electrons. The van der Waals surface area contributed by atoms with E-state index in [1.165, 1.54) is 0 Å². The quantitative estimate of drug-likeness (QED) is 0.257. The standard InChI is InChI=1S/C30H24N8OS/c1-19(34-29(40)26-27(31)35-37-15-7-14-32-28(26)37)24-16-22-9-6-8-21(13-12-20-17-33-36(2)18-20)25(22)30(39)38(24)23-10-4-3-5-11-23/h3-11,14-19H,1-2H3,(H2,31,35)(H,34,40). The summed E-state index contributed by atoms with van der Waals surface area (Å²) in [4.78, 5) is 19.0. The van der Waals surface area contributed by atoms with Gasteiger partial charge in [-0.3, -0.25) is 14.0 Å². The molecule has 40 heavy (non-hydrogen) atoms. The number of nitrogens with one attached hydrogen (secondary N) is 1. The summed E-state index contributed by atoms with van der Waals surface area (Å²) in [5.74, 6) is 6.58. The first-order valence-corrected chi connectivity index (χ1v) is 13.0. The maximum Gasteiger partial charge on any atom is 0.264 e. The summed E-state index contributed by atoms with van der Waals surface area (Å²) in [5.41, 5.74) is 10.0. The second-order valence-corrected chi connectivity index (χ2v) is 9.72. The number of anilines is 1. The largest absolute Gasteiger partial charge is 0.382 e. The number of rotatable bonds is 4. The molecule has 3 N–H and O–H groups in total. The Kier molecular flexibility index (Phi) is 6.34. The van der Waals surface area contributed by atoms with Crippen molar-refractivity contribution in [3.05, 3.63) is 118 Å². The maximum atomic E-state index is 14.2. The third-order valence-corrected chi connectivity index (χ3v) is 6.90. The van der Waals surface area contributed by atoms with Crippen LogP contribution >= 0.6 is 12.2 Å². The summed E-state index contributed by atoms with van der Waals surface area (Å²) >= 11 is 5.76. The van der Waals surface area contributed by atoms with Crippen LogP contribution in [0.5, 0.6) is 0 Å². The highest BCUT2D eigenvalue weighted by Gasteiger charge is 2.22. The van der Waals surface area contributed by atoms with Crippen LogP contribution in [0.25, 0.3) is 22.1 Å². The van der Waals surface area contributed by atoms with Gasteiger partial charge < -0.3 is 11.1 Å². The number of hydrogen-bond acceptors (Lipinski definition) is 6. The Morgan fingerprint density at radius 2 is 1.93 bits per heavy atom. The molecule has 0 amide bonds. The number of thiocarbonyl (C=S) groups is 1. The molecule has 0 spiro atoms. The molecule has 4 aromatic heterocycles. The van der Waals surface area contributed by atoms with Crippen molar-refractivity contribution in [1.29, 1.82) is 0 Å². The molecule has 0 saturated carbocycles. The van der Waals surface area contributed by atoms with Gasteiger partial charge >= 0.3 is 0 Å². The zero-order valence-corrected chi connectivity index (χ0v) is 22.6. The van der Waals surface area contributed by atoms with Crippen molar-refractivity contribution in [3.8, 4) is 17.5 Å². The number of hydrogen-bond donors (Lipinski definition) is 2. The predicted octanol–water partition coefficient (Wildman–Crippen LogP) is 3.78. The Hall–Kier alpha value is -5.27. The van der Waals surface area contributed by atoms with Crippen LogP contribution in [0, 0.1) is 11.8 Å². The first-order chi connectivity index (χ1) is 19.4. The van der Waals surface area contributed by atoms with Crippen LogP contribution in [0.4, 0.5) is 5.82 Å². The van der Waals surface area contributed by atoms with Crippen LogP contribution in [0.2, 0.25) is 0 Å². The molecular formula is C30H24N8OS. The lowest BCUT2D eigenvalue weighted by atomic mass is 10.0. The molecule has 1 atom stereocenters. The number of nitrogens with two attached hydrogens (primary N) is 1. The van der Waals surface area contributed by atoms with Crippen molar-refractivity contribution in [2.24, 2.45) is 7.05 Å². The van der Waals surface area contributed by atoms with Crippen LogP contribution in [-0.4, -0.2) is 33.9 Å². The molecule has 6 aromatic rings. The zero-order chi connectivity index (χ0) is 27.8. The minimum Gasteiger partial charge on any atom is -0.382 e. The van der Waals surface area contributed by atoms with Crippen molar-refractivity contribution in [3.63, 3.8) is 0 Å². The number of nitrogens with zero attached hydrogens (tertiary/aromatic N) is 6. The van der Waals surface area contributed by atoms with Gasteiger partial charge in [-0.25, -0.2) is 9.50 Å². The molecule has 0 aliphatic carbocycles. The van der Waals surface area contributed by atoms with Crippen molar-refractivity contribution in [2.75, 3.05) is 5.73 Å². The Morgan fingerprint density at radius 1 is 1.10 bits per heavy atom. The van der Waals surface area contributed by atoms with Gasteiger partial charge in [0, 0.05) is 42.6 Å². The first-order valence-electron chi connectivity index (χ1n) is 12.5. The van der Waals surface area contributed by atoms with Gasteiger partial charge in [0.15, 0.2) is 11.5 Å². The molecule has 4 heterocycles. The monoisotopic (exact) mass is 544 g/mol. The molecule has 10 heteroatoms. The molecule has 1 unspecified atom stereocenters. The van der Waals surface area contributed by atoms with E-state index in [4.69, 9.17) is 18.0 Å². The summed E-state index contributed by atoms with van der Waals surface area (Å²) in [6.07, 6.45) is 6.96. The molecule has 0 radical (unpaired) electrons. The van der Waals surface area contributed by atoms with Gasteiger partial charge in [0.25, 0.3) is 5.56 Å². The highest BCUT2D eigenvalue weighted by atomic mass is 32.1. The van der Waals surface area contributed by atoms with E-state index in [2.05, 4.69) is 32.3 Å². The summed E-state index contributed by atoms with van der Waals surface area (Å²) in [5, 5.41) is 13.2. The van der Waals surface area contributed by atoms with Gasteiger partial charge in [-0.05, 0) is 42.6 Å². The highest BCUT2D eigenvalue weighted by molar-refractivity contribution is 7.80. The molecule has 0 bridgehead atoms. The first kappa shape index (κ1) is 25.0. The van der Waals surface area contributed by atoms with Gasteiger partial charge in [0.2, 0.25) is 0 Å². The average Bonchev–Trinajstić information content (AvgIpc) is 3.53. The molecule has 2 aromatic carbocycles. The fourth-order valence-electron chi connectivity index (χ4n) is 4.74. The Labute approximate surface area is 234 Å². The smallest absolute Gasteiger partial charge is 0.264 e. The predicted molar refractivity (Wildman–Crippen MR) is 159 cm³/mol. The Balaban J connectivity index is 1.48. The van der Waals surface area contributed by atoms with Crippen molar-refractivity contribution in [1.82, 2.24) is 34.3 Å². The number of para-hydroxylation sites is 1.